The van der Waals surface area contributed by atoms with Gasteiger partial charge in [-0.25, -0.2) is 4.98 Å². The van der Waals surface area contributed by atoms with Gasteiger partial charge in [-0.2, -0.15) is 10.1 Å². The summed E-state index contributed by atoms with van der Waals surface area (Å²) in [4.78, 5) is 22.3. The summed E-state index contributed by atoms with van der Waals surface area (Å²) in [6.07, 6.45) is 5.16. The average molecular weight is 362 g/mol. The fourth-order valence-electron chi connectivity index (χ4n) is 3.50. The molecule has 1 aliphatic heterocycles. The smallest absolute Gasteiger partial charge is 0.267 e. The van der Waals surface area contributed by atoms with Crippen LogP contribution in [0.1, 0.15) is 12.8 Å². The predicted octanol–water partition coefficient (Wildman–Crippen LogP) is 2.25. The second-order valence-corrected chi connectivity index (χ2v) is 6.59. The van der Waals surface area contributed by atoms with Gasteiger partial charge in [-0.3, -0.25) is 14.5 Å². The molecule has 0 aliphatic carbocycles. The quantitative estimate of drug-likeness (QED) is 0.580. The third kappa shape index (κ3) is 2.74. The van der Waals surface area contributed by atoms with E-state index in [1.807, 2.05) is 30.3 Å². The Morgan fingerprint density at radius 1 is 1.15 bits per heavy atom. The van der Waals surface area contributed by atoms with Crippen LogP contribution >= 0.6 is 0 Å². The number of hydrogen-bond acceptors (Lipinski definition) is 6. The van der Waals surface area contributed by atoms with E-state index in [4.69, 9.17) is 4.74 Å². The average Bonchev–Trinajstić information content (AvgIpc) is 3.20. The molecule has 3 aromatic heterocycles. The molecule has 0 bridgehead atoms. The van der Waals surface area contributed by atoms with E-state index in [2.05, 4.69) is 25.5 Å². The highest BCUT2D eigenvalue weighted by Gasteiger charge is 2.18. The third-order valence-electron chi connectivity index (χ3n) is 4.88. The molecule has 8 nitrogen and oxygen atoms in total. The Labute approximate surface area is 154 Å². The summed E-state index contributed by atoms with van der Waals surface area (Å²) in [5, 5.41) is 11.6. The van der Waals surface area contributed by atoms with E-state index < -0.39 is 0 Å². The topological polar surface area (TPSA) is 97.7 Å². The maximum absolute atomic E-state index is 13.1. The summed E-state index contributed by atoms with van der Waals surface area (Å²) < 4.78 is 7.02. The molecule has 136 valence electrons. The summed E-state index contributed by atoms with van der Waals surface area (Å²) in [6, 6.07) is 9.76. The second-order valence-electron chi connectivity index (χ2n) is 6.59. The van der Waals surface area contributed by atoms with Crippen molar-refractivity contribution in [3.8, 4) is 5.69 Å². The number of rotatable bonds is 3. The fraction of sp³-hybridized carbons (Fsp3) is 0.263. The Kier molecular flexibility index (Phi) is 3.83. The zero-order chi connectivity index (χ0) is 18.2. The van der Waals surface area contributed by atoms with Gasteiger partial charge in [0.15, 0.2) is 5.65 Å². The van der Waals surface area contributed by atoms with Gasteiger partial charge in [-0.15, -0.1) is 0 Å². The van der Waals surface area contributed by atoms with Crippen molar-refractivity contribution in [3.05, 3.63) is 53.1 Å². The van der Waals surface area contributed by atoms with E-state index in [1.54, 1.807) is 17.0 Å². The first-order chi connectivity index (χ1) is 13.3. The molecule has 1 fully saturated rings. The molecule has 0 saturated carbocycles. The number of pyridine rings is 1. The van der Waals surface area contributed by atoms with E-state index in [-0.39, 0.29) is 11.6 Å². The monoisotopic (exact) mass is 362 g/mol. The molecule has 4 aromatic rings. The maximum Gasteiger partial charge on any atom is 0.267 e. The molecule has 0 amide bonds. The van der Waals surface area contributed by atoms with Gasteiger partial charge >= 0.3 is 0 Å². The third-order valence-corrected chi connectivity index (χ3v) is 4.88. The number of aromatic amines is 1. The summed E-state index contributed by atoms with van der Waals surface area (Å²) >= 11 is 0. The lowest BCUT2D eigenvalue weighted by Crippen LogP contribution is -2.29. The summed E-state index contributed by atoms with van der Waals surface area (Å²) in [6.45, 7) is 1.46. The molecule has 4 heterocycles. The van der Waals surface area contributed by atoms with Crippen LogP contribution in [-0.4, -0.2) is 44.0 Å². The van der Waals surface area contributed by atoms with Crippen molar-refractivity contribution in [1.29, 1.82) is 0 Å². The zero-order valence-electron chi connectivity index (χ0n) is 14.6. The van der Waals surface area contributed by atoms with Gasteiger partial charge < -0.3 is 10.1 Å². The van der Waals surface area contributed by atoms with Crippen molar-refractivity contribution in [3.63, 3.8) is 0 Å². The van der Waals surface area contributed by atoms with Gasteiger partial charge in [0.05, 0.1) is 16.5 Å². The molecule has 27 heavy (non-hydrogen) atoms. The molecular formula is C19H18N6O2. The molecule has 2 N–H and O–H groups in total. The van der Waals surface area contributed by atoms with Gasteiger partial charge in [0.1, 0.15) is 5.52 Å². The standard InChI is InChI=1S/C19H18N6O2/c26-18-15-11-21-24-16(15)14-10-20-19(22-12-6-8-27-9-7-12)23-17(14)25(18)13-4-2-1-3-5-13/h1-5,10-12H,6-9H2,(H,21,24)(H,20,22,23). The Balaban J connectivity index is 1.72. The number of nitrogens with zero attached hydrogens (tertiary/aromatic N) is 4. The Morgan fingerprint density at radius 3 is 2.78 bits per heavy atom. The number of fused-ring (bicyclic) bond motifs is 3. The van der Waals surface area contributed by atoms with Crippen molar-refractivity contribution >= 4 is 27.9 Å². The molecule has 0 unspecified atom stereocenters. The predicted molar refractivity (Wildman–Crippen MR) is 102 cm³/mol. The number of para-hydroxylation sites is 1. The van der Waals surface area contributed by atoms with Crippen LogP contribution in [0, 0.1) is 0 Å². The van der Waals surface area contributed by atoms with Crippen LogP contribution in [0.3, 0.4) is 0 Å². The van der Waals surface area contributed by atoms with Gasteiger partial charge in [-0.05, 0) is 25.0 Å². The summed E-state index contributed by atoms with van der Waals surface area (Å²) in [5.74, 6) is 0.508. The first kappa shape index (κ1) is 16.0. The number of hydrogen-bond donors (Lipinski definition) is 2. The number of ether oxygens (including phenoxy) is 1. The lowest BCUT2D eigenvalue weighted by molar-refractivity contribution is 0.0903. The summed E-state index contributed by atoms with van der Waals surface area (Å²) in [5.41, 5.74) is 1.72. The van der Waals surface area contributed by atoms with Crippen molar-refractivity contribution in [1.82, 2.24) is 24.7 Å². The molecule has 5 rings (SSSR count). The van der Waals surface area contributed by atoms with Crippen molar-refractivity contribution in [2.75, 3.05) is 18.5 Å². The molecule has 8 heteroatoms. The van der Waals surface area contributed by atoms with Gasteiger partial charge in [-0.1, -0.05) is 18.2 Å². The molecule has 1 aliphatic rings. The van der Waals surface area contributed by atoms with Crippen LogP contribution in [-0.2, 0) is 4.74 Å². The van der Waals surface area contributed by atoms with Gasteiger partial charge in [0.25, 0.3) is 5.56 Å². The minimum Gasteiger partial charge on any atom is -0.381 e. The lowest BCUT2D eigenvalue weighted by Gasteiger charge is -2.23. The number of nitrogens with one attached hydrogen (secondary N) is 2. The van der Waals surface area contributed by atoms with Crippen LogP contribution in [0.4, 0.5) is 5.95 Å². The molecular weight excluding hydrogens is 344 g/mol. The van der Waals surface area contributed by atoms with Crippen LogP contribution in [0.15, 0.2) is 47.5 Å². The van der Waals surface area contributed by atoms with E-state index in [9.17, 15) is 4.79 Å². The number of anilines is 1. The van der Waals surface area contributed by atoms with Crippen LogP contribution in [0.25, 0.3) is 27.6 Å². The van der Waals surface area contributed by atoms with Crippen molar-refractivity contribution in [2.45, 2.75) is 18.9 Å². The maximum atomic E-state index is 13.1. The SMILES string of the molecule is O=c1c2c[nH]nc2c2cnc(NC3CCOCC3)nc2n1-c1ccccc1. The Bertz CT molecular complexity index is 1160. The van der Waals surface area contributed by atoms with Crippen molar-refractivity contribution < 1.29 is 4.74 Å². The van der Waals surface area contributed by atoms with E-state index in [0.29, 0.717) is 22.5 Å². The van der Waals surface area contributed by atoms with Crippen LogP contribution in [0.2, 0.25) is 0 Å². The molecule has 0 atom stereocenters. The number of benzene rings is 1. The van der Waals surface area contributed by atoms with Gasteiger partial charge in [0.2, 0.25) is 5.95 Å². The zero-order valence-corrected chi connectivity index (χ0v) is 14.6. The lowest BCUT2D eigenvalue weighted by atomic mass is 10.1. The Hall–Kier alpha value is -3.26. The molecule has 0 radical (unpaired) electrons. The highest BCUT2D eigenvalue weighted by Crippen LogP contribution is 2.23. The second kappa shape index (κ2) is 6.48. The van der Waals surface area contributed by atoms with E-state index in [0.717, 1.165) is 37.1 Å². The largest absolute Gasteiger partial charge is 0.381 e. The van der Waals surface area contributed by atoms with E-state index in [1.165, 1.54) is 0 Å². The van der Waals surface area contributed by atoms with Crippen molar-refractivity contribution in [2.24, 2.45) is 0 Å². The van der Waals surface area contributed by atoms with Crippen LogP contribution in [0.5, 0.6) is 0 Å². The van der Waals surface area contributed by atoms with Gasteiger partial charge in [0, 0.05) is 31.6 Å². The molecule has 1 saturated heterocycles. The molecule has 1 aromatic carbocycles. The number of aromatic nitrogens is 5. The number of H-pyrrole nitrogens is 1. The highest BCUT2D eigenvalue weighted by atomic mass is 16.5. The van der Waals surface area contributed by atoms with E-state index >= 15 is 0 Å². The normalized spacial score (nSPS) is 15.4. The van der Waals surface area contributed by atoms with Crippen LogP contribution < -0.4 is 10.9 Å². The Morgan fingerprint density at radius 2 is 1.96 bits per heavy atom. The molecule has 0 spiro atoms. The first-order valence-corrected chi connectivity index (χ1v) is 8.96. The minimum atomic E-state index is -0.159. The first-order valence-electron chi connectivity index (χ1n) is 8.96. The fourth-order valence-corrected chi connectivity index (χ4v) is 3.50. The highest BCUT2D eigenvalue weighted by molar-refractivity contribution is 6.02. The minimum absolute atomic E-state index is 0.159. The summed E-state index contributed by atoms with van der Waals surface area (Å²) in [7, 11) is 0.